The molecular weight excluding hydrogens is 261 g/mol. The van der Waals surface area contributed by atoms with Crippen molar-refractivity contribution in [3.8, 4) is 0 Å². The fourth-order valence-electron chi connectivity index (χ4n) is 1.43. The lowest BCUT2D eigenvalue weighted by Gasteiger charge is -2.09. The van der Waals surface area contributed by atoms with Gasteiger partial charge < -0.3 is 10.4 Å². The average Bonchev–Trinajstić information content (AvgIpc) is 2.34. The molecule has 0 saturated heterocycles. The van der Waals surface area contributed by atoms with E-state index in [9.17, 15) is 18.0 Å². The number of halogens is 3. The van der Waals surface area contributed by atoms with Gasteiger partial charge in [0, 0.05) is 24.0 Å². The van der Waals surface area contributed by atoms with Gasteiger partial charge in [-0.2, -0.15) is 0 Å². The fraction of sp³-hybridized carbons (Fsp3) is 0. The minimum absolute atomic E-state index is 0.122. The fourth-order valence-corrected chi connectivity index (χ4v) is 1.43. The van der Waals surface area contributed by atoms with E-state index in [0.717, 1.165) is 6.07 Å². The third kappa shape index (κ3) is 2.82. The van der Waals surface area contributed by atoms with Crippen LogP contribution in [-0.2, 0) is 0 Å². The molecule has 2 N–H and O–H groups in total. The highest BCUT2D eigenvalue weighted by molar-refractivity contribution is 5.86. The van der Waals surface area contributed by atoms with Crippen molar-refractivity contribution in [3.05, 3.63) is 53.6 Å². The SMILES string of the molecule is O=C(O)c1cc(Nc2c(F)cc(F)cc2F)ccn1. The summed E-state index contributed by atoms with van der Waals surface area (Å²) in [4.78, 5) is 14.2. The Morgan fingerprint density at radius 3 is 2.37 bits per heavy atom. The van der Waals surface area contributed by atoms with Gasteiger partial charge in [0.15, 0.2) is 11.6 Å². The van der Waals surface area contributed by atoms with Gasteiger partial charge in [-0.1, -0.05) is 0 Å². The van der Waals surface area contributed by atoms with Gasteiger partial charge in [0.25, 0.3) is 0 Å². The van der Waals surface area contributed by atoms with Gasteiger partial charge >= 0.3 is 5.97 Å². The van der Waals surface area contributed by atoms with Gasteiger partial charge in [-0.25, -0.2) is 22.9 Å². The van der Waals surface area contributed by atoms with Crippen molar-refractivity contribution in [1.29, 1.82) is 0 Å². The maximum absolute atomic E-state index is 13.4. The molecule has 0 amide bonds. The highest BCUT2D eigenvalue weighted by Gasteiger charge is 2.12. The van der Waals surface area contributed by atoms with Crippen LogP contribution < -0.4 is 5.32 Å². The molecule has 2 rings (SSSR count). The van der Waals surface area contributed by atoms with Crippen LogP contribution in [0.3, 0.4) is 0 Å². The van der Waals surface area contributed by atoms with Crippen molar-refractivity contribution in [1.82, 2.24) is 4.98 Å². The maximum Gasteiger partial charge on any atom is 0.354 e. The Morgan fingerprint density at radius 2 is 1.79 bits per heavy atom. The van der Waals surface area contributed by atoms with E-state index in [1.165, 1.54) is 12.3 Å². The second kappa shape index (κ2) is 4.97. The van der Waals surface area contributed by atoms with Crippen molar-refractivity contribution in [2.75, 3.05) is 5.32 Å². The number of benzene rings is 1. The lowest BCUT2D eigenvalue weighted by atomic mass is 10.2. The monoisotopic (exact) mass is 268 g/mol. The number of anilines is 2. The van der Waals surface area contributed by atoms with Gasteiger partial charge in [0.2, 0.25) is 0 Å². The highest BCUT2D eigenvalue weighted by Crippen LogP contribution is 2.24. The first-order valence-corrected chi connectivity index (χ1v) is 5.08. The molecular formula is C12H7F3N2O2. The molecule has 0 spiro atoms. The summed E-state index contributed by atoms with van der Waals surface area (Å²) in [6.07, 6.45) is 1.17. The average molecular weight is 268 g/mol. The van der Waals surface area contributed by atoms with Crippen LogP contribution in [0.4, 0.5) is 24.5 Å². The number of hydrogen-bond donors (Lipinski definition) is 2. The van der Waals surface area contributed by atoms with Gasteiger partial charge in [-0.05, 0) is 12.1 Å². The second-order valence-electron chi connectivity index (χ2n) is 3.60. The molecule has 1 aromatic heterocycles. The van der Waals surface area contributed by atoms with Crippen LogP contribution in [-0.4, -0.2) is 16.1 Å². The molecule has 7 heteroatoms. The van der Waals surface area contributed by atoms with Crippen molar-refractivity contribution in [2.24, 2.45) is 0 Å². The summed E-state index contributed by atoms with van der Waals surface area (Å²) < 4.78 is 39.5. The predicted molar refractivity (Wildman–Crippen MR) is 60.8 cm³/mol. The number of carbonyl (C=O) groups is 1. The summed E-state index contributed by atoms with van der Waals surface area (Å²) >= 11 is 0. The molecule has 1 aromatic carbocycles. The van der Waals surface area contributed by atoms with Crippen LogP contribution in [0.1, 0.15) is 10.5 Å². The van der Waals surface area contributed by atoms with E-state index in [0.29, 0.717) is 12.1 Å². The first-order chi connectivity index (χ1) is 8.97. The van der Waals surface area contributed by atoms with Crippen molar-refractivity contribution in [2.45, 2.75) is 0 Å². The summed E-state index contributed by atoms with van der Waals surface area (Å²) in [7, 11) is 0. The number of carboxylic acids is 1. The molecule has 0 aliphatic rings. The molecule has 0 fully saturated rings. The number of nitrogens with one attached hydrogen (secondary N) is 1. The number of carboxylic acid groups (broad SMARTS) is 1. The molecule has 0 bridgehead atoms. The Morgan fingerprint density at radius 1 is 1.16 bits per heavy atom. The number of nitrogens with zero attached hydrogens (tertiary/aromatic N) is 1. The molecule has 0 saturated carbocycles. The summed E-state index contributed by atoms with van der Waals surface area (Å²) in [6, 6.07) is 3.47. The van der Waals surface area contributed by atoms with Crippen molar-refractivity contribution < 1.29 is 23.1 Å². The topological polar surface area (TPSA) is 62.2 Å². The Hall–Kier alpha value is -2.57. The molecule has 0 atom stereocenters. The summed E-state index contributed by atoms with van der Waals surface area (Å²) in [5.41, 5.74) is -0.728. The zero-order valence-corrected chi connectivity index (χ0v) is 9.32. The number of aromatic nitrogens is 1. The second-order valence-corrected chi connectivity index (χ2v) is 3.60. The molecule has 4 nitrogen and oxygen atoms in total. The van der Waals surface area contributed by atoms with Crippen molar-refractivity contribution >= 4 is 17.3 Å². The molecule has 0 radical (unpaired) electrons. The van der Waals surface area contributed by atoms with E-state index in [4.69, 9.17) is 5.11 Å². The smallest absolute Gasteiger partial charge is 0.354 e. The molecule has 19 heavy (non-hydrogen) atoms. The Balaban J connectivity index is 2.36. The summed E-state index contributed by atoms with van der Waals surface area (Å²) in [6.45, 7) is 0. The minimum Gasteiger partial charge on any atom is -0.477 e. The van der Waals surface area contributed by atoms with E-state index >= 15 is 0 Å². The zero-order chi connectivity index (χ0) is 14.0. The highest BCUT2D eigenvalue weighted by atomic mass is 19.1. The van der Waals surface area contributed by atoms with Crippen molar-refractivity contribution in [3.63, 3.8) is 0 Å². The van der Waals surface area contributed by atoms with E-state index in [1.54, 1.807) is 0 Å². The number of pyridine rings is 1. The predicted octanol–water partition coefficient (Wildman–Crippen LogP) is 2.94. The van der Waals surface area contributed by atoms with E-state index in [-0.39, 0.29) is 11.4 Å². The van der Waals surface area contributed by atoms with Gasteiger partial charge in [0.05, 0.1) is 0 Å². The quantitative estimate of drug-likeness (QED) is 0.898. The number of hydrogen-bond acceptors (Lipinski definition) is 3. The zero-order valence-electron chi connectivity index (χ0n) is 9.32. The molecule has 0 aliphatic carbocycles. The largest absolute Gasteiger partial charge is 0.477 e. The Labute approximate surface area is 105 Å². The number of rotatable bonds is 3. The third-order valence-corrected chi connectivity index (χ3v) is 2.26. The van der Waals surface area contributed by atoms with Crippen LogP contribution in [0.25, 0.3) is 0 Å². The van der Waals surface area contributed by atoms with Crippen LogP contribution >= 0.6 is 0 Å². The molecule has 0 aliphatic heterocycles. The number of aromatic carboxylic acids is 1. The van der Waals surface area contributed by atoms with Gasteiger partial charge in [-0.3, -0.25) is 0 Å². The van der Waals surface area contributed by atoms with E-state index in [2.05, 4.69) is 10.3 Å². The first-order valence-electron chi connectivity index (χ1n) is 5.08. The van der Waals surface area contributed by atoms with Crippen LogP contribution in [0.2, 0.25) is 0 Å². The van der Waals surface area contributed by atoms with Gasteiger partial charge in [0.1, 0.15) is 17.2 Å². The Bertz CT molecular complexity index is 624. The molecule has 98 valence electrons. The Kier molecular flexibility index (Phi) is 3.37. The first kappa shape index (κ1) is 12.9. The van der Waals surface area contributed by atoms with Crippen LogP contribution in [0.15, 0.2) is 30.5 Å². The summed E-state index contributed by atoms with van der Waals surface area (Å²) in [5, 5.41) is 11.1. The normalized spacial score (nSPS) is 10.3. The van der Waals surface area contributed by atoms with Gasteiger partial charge in [-0.15, -0.1) is 0 Å². The summed E-state index contributed by atoms with van der Waals surface area (Å²) in [5.74, 6) is -4.55. The maximum atomic E-state index is 13.4. The minimum atomic E-state index is -1.27. The van der Waals surface area contributed by atoms with Crippen LogP contribution in [0, 0.1) is 17.5 Å². The molecule has 1 heterocycles. The third-order valence-electron chi connectivity index (χ3n) is 2.26. The molecule has 2 aromatic rings. The lowest BCUT2D eigenvalue weighted by molar-refractivity contribution is 0.0690. The lowest BCUT2D eigenvalue weighted by Crippen LogP contribution is -2.03. The van der Waals surface area contributed by atoms with Crippen LogP contribution in [0.5, 0.6) is 0 Å². The van der Waals surface area contributed by atoms with E-state index in [1.807, 2.05) is 0 Å². The molecule has 0 unspecified atom stereocenters. The van der Waals surface area contributed by atoms with E-state index < -0.39 is 29.1 Å². The standard InChI is InChI=1S/C12H7F3N2O2/c13-6-3-8(14)11(9(15)4-6)17-7-1-2-16-10(5-7)12(18)19/h1-5H,(H,16,17)(H,18,19).